The van der Waals surface area contributed by atoms with Crippen LogP contribution in [0.5, 0.6) is 11.5 Å². The fraction of sp³-hybridized carbons (Fsp3) is 0.182. The summed E-state index contributed by atoms with van der Waals surface area (Å²) in [6, 6.07) is 14.7. The van der Waals surface area contributed by atoms with E-state index in [4.69, 9.17) is 9.47 Å². The van der Waals surface area contributed by atoms with E-state index in [1.807, 2.05) is 36.4 Å². The van der Waals surface area contributed by atoms with Crippen LogP contribution in [0.1, 0.15) is 32.5 Å². The number of methoxy groups -OCH3 is 2. The van der Waals surface area contributed by atoms with E-state index in [-0.39, 0.29) is 23.1 Å². The number of carbonyl (C=O) groups is 2. The summed E-state index contributed by atoms with van der Waals surface area (Å²) in [5.41, 5.74) is 2.64. The van der Waals surface area contributed by atoms with Gasteiger partial charge in [-0.15, -0.1) is 11.3 Å². The monoisotopic (exact) mass is 409 g/mol. The van der Waals surface area contributed by atoms with Crippen molar-refractivity contribution in [1.29, 1.82) is 0 Å². The van der Waals surface area contributed by atoms with Crippen LogP contribution in [0.4, 0.5) is 5.69 Å². The summed E-state index contributed by atoms with van der Waals surface area (Å²) < 4.78 is 10.9. The number of carbonyl (C=O) groups excluding carboxylic acids is 1. The molecule has 0 aliphatic carbocycles. The summed E-state index contributed by atoms with van der Waals surface area (Å²) in [5, 5.41) is 12.7. The van der Waals surface area contributed by atoms with E-state index in [9.17, 15) is 14.7 Å². The molecule has 1 aliphatic heterocycles. The number of carboxylic acids is 1. The van der Waals surface area contributed by atoms with Gasteiger partial charge in [0.25, 0.3) is 0 Å². The number of amides is 1. The number of fused-ring (bicyclic) bond motifs is 1. The minimum absolute atomic E-state index is 0.167. The van der Waals surface area contributed by atoms with Crippen molar-refractivity contribution in [3.8, 4) is 22.6 Å². The molecule has 4 rings (SSSR count). The van der Waals surface area contributed by atoms with Gasteiger partial charge in [0.2, 0.25) is 5.91 Å². The Hall–Kier alpha value is -3.32. The molecule has 2 heterocycles. The molecule has 148 valence electrons. The summed E-state index contributed by atoms with van der Waals surface area (Å²) in [7, 11) is 3.15. The SMILES string of the molecule is COc1ccc(OC)c([C@H]2CC(=O)Nc3c2sc(C(=O)O)c3-c2ccccc2)c1. The molecular formula is C22H19NO5S. The second kappa shape index (κ2) is 7.60. The van der Waals surface area contributed by atoms with Gasteiger partial charge in [0, 0.05) is 28.3 Å². The quantitative estimate of drug-likeness (QED) is 0.643. The Morgan fingerprint density at radius 1 is 1.14 bits per heavy atom. The van der Waals surface area contributed by atoms with Gasteiger partial charge in [-0.25, -0.2) is 4.79 Å². The molecule has 2 aromatic carbocycles. The van der Waals surface area contributed by atoms with Crippen molar-refractivity contribution in [3.05, 3.63) is 63.8 Å². The van der Waals surface area contributed by atoms with Crippen LogP contribution >= 0.6 is 11.3 Å². The number of ether oxygens (including phenoxy) is 2. The Balaban J connectivity index is 1.96. The van der Waals surface area contributed by atoms with E-state index >= 15 is 0 Å². The predicted octanol–water partition coefficient (Wildman–Crippen LogP) is 4.60. The van der Waals surface area contributed by atoms with E-state index in [0.29, 0.717) is 22.7 Å². The molecule has 0 fully saturated rings. The Kier molecular flexibility index (Phi) is 4.98. The number of rotatable bonds is 5. The third-order valence-corrected chi connectivity index (χ3v) is 6.27. The molecule has 0 unspecified atom stereocenters. The fourth-order valence-electron chi connectivity index (χ4n) is 3.68. The van der Waals surface area contributed by atoms with E-state index in [2.05, 4.69) is 5.32 Å². The van der Waals surface area contributed by atoms with Crippen LogP contribution in [0, 0.1) is 0 Å². The molecule has 0 spiro atoms. The van der Waals surface area contributed by atoms with Crippen LogP contribution in [0.2, 0.25) is 0 Å². The topological polar surface area (TPSA) is 84.9 Å². The first-order valence-electron chi connectivity index (χ1n) is 9.00. The molecule has 3 aromatic rings. The average Bonchev–Trinajstić information content (AvgIpc) is 3.13. The third-order valence-electron chi connectivity index (χ3n) is 4.97. The maximum atomic E-state index is 12.6. The number of thiophene rings is 1. The van der Waals surface area contributed by atoms with Gasteiger partial charge in [0.15, 0.2) is 0 Å². The first kappa shape index (κ1) is 19.0. The molecule has 29 heavy (non-hydrogen) atoms. The van der Waals surface area contributed by atoms with Crippen molar-refractivity contribution >= 4 is 28.9 Å². The molecule has 6 nitrogen and oxygen atoms in total. The van der Waals surface area contributed by atoms with E-state index < -0.39 is 5.97 Å². The van der Waals surface area contributed by atoms with Crippen LogP contribution in [0.15, 0.2) is 48.5 Å². The lowest BCUT2D eigenvalue weighted by Gasteiger charge is -2.25. The highest BCUT2D eigenvalue weighted by molar-refractivity contribution is 7.15. The Labute approximate surface area is 171 Å². The molecule has 0 saturated heterocycles. The number of carboxylic acid groups (broad SMARTS) is 1. The molecule has 0 radical (unpaired) electrons. The van der Waals surface area contributed by atoms with Crippen LogP contribution in [0.25, 0.3) is 11.1 Å². The van der Waals surface area contributed by atoms with Crippen molar-refractivity contribution in [2.45, 2.75) is 12.3 Å². The van der Waals surface area contributed by atoms with Crippen molar-refractivity contribution < 1.29 is 24.2 Å². The number of nitrogens with one attached hydrogen (secondary N) is 1. The second-order valence-corrected chi connectivity index (χ2v) is 7.68. The summed E-state index contributed by atoms with van der Waals surface area (Å²) >= 11 is 1.19. The maximum absolute atomic E-state index is 12.6. The van der Waals surface area contributed by atoms with Crippen molar-refractivity contribution in [1.82, 2.24) is 0 Å². The highest BCUT2D eigenvalue weighted by Crippen LogP contribution is 2.51. The van der Waals surface area contributed by atoms with Gasteiger partial charge in [0.1, 0.15) is 16.4 Å². The van der Waals surface area contributed by atoms with Crippen LogP contribution < -0.4 is 14.8 Å². The van der Waals surface area contributed by atoms with Crippen molar-refractivity contribution in [2.24, 2.45) is 0 Å². The molecule has 1 atom stereocenters. The number of hydrogen-bond donors (Lipinski definition) is 2. The van der Waals surface area contributed by atoms with Gasteiger partial charge >= 0.3 is 5.97 Å². The molecule has 0 bridgehead atoms. The molecule has 2 N–H and O–H groups in total. The van der Waals surface area contributed by atoms with Crippen LogP contribution in [-0.2, 0) is 4.79 Å². The zero-order valence-corrected chi connectivity index (χ0v) is 16.7. The lowest BCUT2D eigenvalue weighted by molar-refractivity contribution is -0.116. The molecule has 1 aliphatic rings. The smallest absolute Gasteiger partial charge is 0.346 e. The number of hydrogen-bond acceptors (Lipinski definition) is 5. The Bertz CT molecular complexity index is 1090. The van der Waals surface area contributed by atoms with E-state index in [1.54, 1.807) is 26.4 Å². The third kappa shape index (κ3) is 3.34. The molecule has 1 aromatic heterocycles. The predicted molar refractivity (Wildman–Crippen MR) is 111 cm³/mol. The van der Waals surface area contributed by atoms with Gasteiger partial charge in [-0.1, -0.05) is 30.3 Å². The zero-order chi connectivity index (χ0) is 20.5. The molecule has 7 heteroatoms. The van der Waals surface area contributed by atoms with Crippen LogP contribution in [0.3, 0.4) is 0 Å². The summed E-state index contributed by atoms with van der Waals surface area (Å²) in [5.74, 6) is -0.243. The summed E-state index contributed by atoms with van der Waals surface area (Å²) in [6.45, 7) is 0. The maximum Gasteiger partial charge on any atom is 0.346 e. The fourth-order valence-corrected chi connectivity index (χ4v) is 4.92. The largest absolute Gasteiger partial charge is 0.497 e. The lowest BCUT2D eigenvalue weighted by Crippen LogP contribution is -2.22. The minimum Gasteiger partial charge on any atom is -0.497 e. The van der Waals surface area contributed by atoms with Gasteiger partial charge in [-0.05, 0) is 23.8 Å². The molecule has 0 saturated carbocycles. The number of benzene rings is 2. The van der Waals surface area contributed by atoms with Crippen molar-refractivity contribution in [2.75, 3.05) is 19.5 Å². The average molecular weight is 409 g/mol. The number of anilines is 1. The highest BCUT2D eigenvalue weighted by atomic mass is 32.1. The first-order valence-corrected chi connectivity index (χ1v) is 9.82. The zero-order valence-electron chi connectivity index (χ0n) is 15.9. The molecular weight excluding hydrogens is 390 g/mol. The Morgan fingerprint density at radius 3 is 2.55 bits per heavy atom. The molecule has 1 amide bonds. The number of aromatic carboxylic acids is 1. The minimum atomic E-state index is -1.02. The van der Waals surface area contributed by atoms with Gasteiger partial charge in [-0.2, -0.15) is 0 Å². The van der Waals surface area contributed by atoms with E-state index in [0.717, 1.165) is 16.0 Å². The van der Waals surface area contributed by atoms with Gasteiger partial charge in [0.05, 0.1) is 19.9 Å². The summed E-state index contributed by atoms with van der Waals surface area (Å²) in [4.78, 5) is 25.6. The van der Waals surface area contributed by atoms with Gasteiger partial charge in [-0.3, -0.25) is 4.79 Å². The standard InChI is InChI=1S/C22H19NO5S/c1-27-13-8-9-16(28-2)14(10-13)15-11-17(24)23-19-18(12-6-4-3-5-7-12)21(22(25)26)29-20(15)19/h3-10,15H,11H2,1-2H3,(H,23,24)(H,25,26)/t15-/m1/s1. The van der Waals surface area contributed by atoms with Gasteiger partial charge < -0.3 is 19.9 Å². The second-order valence-electron chi connectivity index (χ2n) is 6.63. The first-order chi connectivity index (χ1) is 14.0. The summed E-state index contributed by atoms with van der Waals surface area (Å²) in [6.07, 6.45) is 0.199. The van der Waals surface area contributed by atoms with Crippen molar-refractivity contribution in [3.63, 3.8) is 0 Å². The normalized spacial score (nSPS) is 15.4. The van der Waals surface area contributed by atoms with E-state index in [1.165, 1.54) is 11.3 Å². The lowest BCUT2D eigenvalue weighted by atomic mass is 9.88. The Morgan fingerprint density at radius 2 is 1.90 bits per heavy atom. The highest BCUT2D eigenvalue weighted by Gasteiger charge is 2.35. The van der Waals surface area contributed by atoms with Crippen LogP contribution in [-0.4, -0.2) is 31.2 Å².